The molecule has 0 aromatic carbocycles. The van der Waals surface area contributed by atoms with Crippen molar-refractivity contribution in [2.24, 2.45) is 4.99 Å². The monoisotopic (exact) mass is 378 g/mol. The van der Waals surface area contributed by atoms with Gasteiger partial charge in [0.1, 0.15) is 23.3 Å². The summed E-state index contributed by atoms with van der Waals surface area (Å²) in [4.78, 5) is 16.3. The van der Waals surface area contributed by atoms with Crippen LogP contribution in [0, 0.1) is 17.1 Å². The molecular formula is C19H12F2N6O. The fourth-order valence-electron chi connectivity index (χ4n) is 2.80. The topological polar surface area (TPSA) is 101 Å². The van der Waals surface area contributed by atoms with E-state index in [2.05, 4.69) is 25.1 Å². The highest BCUT2D eigenvalue weighted by Crippen LogP contribution is 2.37. The maximum absolute atomic E-state index is 15.7. The predicted molar refractivity (Wildman–Crippen MR) is 95.2 cm³/mol. The molecule has 0 N–H and O–H groups in total. The summed E-state index contributed by atoms with van der Waals surface area (Å²) < 4.78 is 33.8. The largest absolute Gasteiger partial charge is 0.332 e. The lowest BCUT2D eigenvalue weighted by Crippen LogP contribution is -2.33. The van der Waals surface area contributed by atoms with Crippen LogP contribution in [0.3, 0.4) is 0 Å². The molecule has 0 aliphatic carbocycles. The van der Waals surface area contributed by atoms with Gasteiger partial charge in [-0.2, -0.15) is 10.2 Å². The van der Waals surface area contributed by atoms with Crippen LogP contribution in [0.15, 0.2) is 57.8 Å². The Morgan fingerprint density at radius 3 is 2.82 bits per heavy atom. The highest BCUT2D eigenvalue weighted by atomic mass is 19.1. The molecule has 4 rings (SSSR count). The number of nitriles is 1. The van der Waals surface area contributed by atoms with Gasteiger partial charge in [0.2, 0.25) is 5.82 Å². The molecule has 0 fully saturated rings. The summed E-state index contributed by atoms with van der Waals surface area (Å²) in [5.41, 5.74) is -0.984. The molecule has 0 bridgehead atoms. The first-order valence-corrected chi connectivity index (χ1v) is 8.27. The van der Waals surface area contributed by atoms with Crippen LogP contribution in [0.2, 0.25) is 0 Å². The molecule has 9 heteroatoms. The molecule has 1 aliphatic rings. The molecule has 138 valence electrons. The number of alkyl halides is 1. The minimum absolute atomic E-state index is 0.0828. The molecule has 3 aromatic rings. The molecule has 2 unspecified atom stereocenters. The lowest BCUT2D eigenvalue weighted by Gasteiger charge is -2.29. The first kappa shape index (κ1) is 17.6. The Morgan fingerprint density at radius 2 is 2.07 bits per heavy atom. The van der Waals surface area contributed by atoms with Gasteiger partial charge in [0.15, 0.2) is 5.67 Å². The van der Waals surface area contributed by atoms with Crippen molar-refractivity contribution in [3.63, 3.8) is 0 Å². The molecule has 1 aliphatic heterocycles. The van der Waals surface area contributed by atoms with E-state index < -0.39 is 17.5 Å². The summed E-state index contributed by atoms with van der Waals surface area (Å²) in [5.74, 6) is -0.275. The number of hydrogen-bond donors (Lipinski definition) is 0. The van der Waals surface area contributed by atoms with Crippen LogP contribution in [-0.4, -0.2) is 32.4 Å². The third-order valence-corrected chi connectivity index (χ3v) is 4.34. The van der Waals surface area contributed by atoms with Crippen LogP contribution >= 0.6 is 0 Å². The number of halogens is 2. The fourth-order valence-corrected chi connectivity index (χ4v) is 2.80. The Balaban J connectivity index is 1.70. The summed E-state index contributed by atoms with van der Waals surface area (Å²) in [5, 5.41) is 12.9. The highest BCUT2D eigenvalue weighted by molar-refractivity contribution is 5.85. The van der Waals surface area contributed by atoms with Crippen LogP contribution < -0.4 is 0 Å². The minimum atomic E-state index is -1.97. The highest BCUT2D eigenvalue weighted by Gasteiger charge is 2.39. The number of aromatic nitrogens is 4. The van der Waals surface area contributed by atoms with Crippen molar-refractivity contribution in [3.8, 4) is 29.2 Å². The fraction of sp³-hybridized carbons (Fsp3) is 0.158. The van der Waals surface area contributed by atoms with E-state index in [0.717, 1.165) is 6.20 Å². The first-order chi connectivity index (χ1) is 13.5. The van der Waals surface area contributed by atoms with Gasteiger partial charge in [-0.3, -0.25) is 9.98 Å². The zero-order valence-corrected chi connectivity index (χ0v) is 14.5. The number of hydrogen-bond acceptors (Lipinski definition) is 7. The summed E-state index contributed by atoms with van der Waals surface area (Å²) in [6, 6.07) is 6.81. The number of pyridine rings is 2. The molecule has 28 heavy (non-hydrogen) atoms. The number of nitrogens with zero attached hydrogens (tertiary/aromatic N) is 6. The lowest BCUT2D eigenvalue weighted by atomic mass is 9.86. The maximum Gasteiger partial charge on any atom is 0.276 e. The summed E-state index contributed by atoms with van der Waals surface area (Å²) >= 11 is 0. The molecule has 2 atom stereocenters. The molecule has 0 radical (unpaired) electrons. The van der Waals surface area contributed by atoms with Gasteiger partial charge in [0.05, 0.1) is 17.8 Å². The van der Waals surface area contributed by atoms with Crippen molar-refractivity contribution in [1.29, 1.82) is 5.26 Å². The second-order valence-corrected chi connectivity index (χ2v) is 6.15. The molecule has 3 aromatic heterocycles. The molecule has 0 saturated carbocycles. The van der Waals surface area contributed by atoms with Gasteiger partial charge in [-0.1, -0.05) is 5.16 Å². The maximum atomic E-state index is 15.7. The minimum Gasteiger partial charge on any atom is -0.332 e. The van der Waals surface area contributed by atoms with E-state index in [4.69, 9.17) is 9.78 Å². The van der Waals surface area contributed by atoms with Crippen molar-refractivity contribution in [3.05, 3.63) is 59.7 Å². The molecule has 0 amide bonds. The van der Waals surface area contributed by atoms with E-state index >= 15 is 4.39 Å². The zero-order chi connectivity index (χ0) is 19.7. The average molecular weight is 378 g/mol. The van der Waals surface area contributed by atoms with E-state index in [1.165, 1.54) is 42.8 Å². The van der Waals surface area contributed by atoms with Gasteiger partial charge in [0.25, 0.3) is 5.89 Å². The van der Waals surface area contributed by atoms with Gasteiger partial charge in [-0.25, -0.2) is 13.8 Å². The van der Waals surface area contributed by atoms with Crippen molar-refractivity contribution in [1.82, 2.24) is 20.1 Å². The molecular weight excluding hydrogens is 366 g/mol. The standard InChI is InChI=1S/C19H12F2N6O/c1-11-19(21,7-12(8-22)9-24-11)13-4-5-23-16(6-13)17-26-18(28-27-17)15-3-2-14(20)10-25-15/h2-7,9-11H,1H3. The second kappa shape index (κ2) is 6.74. The van der Waals surface area contributed by atoms with Crippen molar-refractivity contribution in [2.45, 2.75) is 18.6 Å². The Hall–Kier alpha value is -3.80. The predicted octanol–water partition coefficient (Wildman–Crippen LogP) is 3.42. The number of rotatable bonds is 3. The third-order valence-electron chi connectivity index (χ3n) is 4.34. The summed E-state index contributed by atoms with van der Waals surface area (Å²) in [6.07, 6.45) is 5.05. The number of aliphatic imine (C=N–C) groups is 1. The van der Waals surface area contributed by atoms with Gasteiger partial charge in [-0.05, 0) is 42.8 Å². The molecule has 4 heterocycles. The van der Waals surface area contributed by atoms with E-state index in [1.807, 2.05) is 6.07 Å². The Labute approximate surface area is 158 Å². The summed E-state index contributed by atoms with van der Waals surface area (Å²) in [7, 11) is 0. The van der Waals surface area contributed by atoms with Crippen LogP contribution in [0.5, 0.6) is 0 Å². The normalized spacial score (nSPS) is 21.2. The smallest absolute Gasteiger partial charge is 0.276 e. The third kappa shape index (κ3) is 3.05. The van der Waals surface area contributed by atoms with Crippen molar-refractivity contribution in [2.75, 3.05) is 0 Å². The van der Waals surface area contributed by atoms with Crippen molar-refractivity contribution >= 4 is 6.21 Å². The Morgan fingerprint density at radius 1 is 1.21 bits per heavy atom. The molecule has 7 nitrogen and oxygen atoms in total. The van der Waals surface area contributed by atoms with Crippen LogP contribution in [0.4, 0.5) is 8.78 Å². The second-order valence-electron chi connectivity index (χ2n) is 6.15. The lowest BCUT2D eigenvalue weighted by molar-refractivity contribution is 0.195. The van der Waals surface area contributed by atoms with E-state index in [9.17, 15) is 4.39 Å². The van der Waals surface area contributed by atoms with E-state index in [-0.39, 0.29) is 28.5 Å². The SMILES string of the molecule is CC1N=CC(C#N)=CC1(F)c1ccnc(-c2noc(-c3ccc(F)cn3)n2)c1. The molecule has 0 saturated heterocycles. The molecule has 0 spiro atoms. The zero-order valence-electron chi connectivity index (χ0n) is 14.5. The Bertz CT molecular complexity index is 1130. The number of dihydropyridines is 1. The number of allylic oxidation sites excluding steroid dienone is 1. The van der Waals surface area contributed by atoms with Gasteiger partial charge < -0.3 is 4.52 Å². The average Bonchev–Trinajstić information content (AvgIpc) is 3.21. The van der Waals surface area contributed by atoms with Crippen LogP contribution in [0.25, 0.3) is 23.1 Å². The van der Waals surface area contributed by atoms with Crippen molar-refractivity contribution < 1.29 is 13.3 Å². The van der Waals surface area contributed by atoms with Gasteiger partial charge in [-0.15, -0.1) is 0 Å². The Kier molecular flexibility index (Phi) is 4.24. The summed E-state index contributed by atoms with van der Waals surface area (Å²) in [6.45, 7) is 1.62. The van der Waals surface area contributed by atoms with Crippen LogP contribution in [-0.2, 0) is 5.67 Å². The van der Waals surface area contributed by atoms with E-state index in [0.29, 0.717) is 5.69 Å². The first-order valence-electron chi connectivity index (χ1n) is 8.27. The van der Waals surface area contributed by atoms with Gasteiger partial charge >= 0.3 is 0 Å². The van der Waals surface area contributed by atoms with Gasteiger partial charge in [0, 0.05) is 12.4 Å². The van der Waals surface area contributed by atoms with Crippen LogP contribution in [0.1, 0.15) is 12.5 Å². The van der Waals surface area contributed by atoms with E-state index in [1.54, 1.807) is 6.92 Å². The quantitative estimate of drug-likeness (QED) is 0.692.